The number of rotatable bonds is 0. The fourth-order valence-electron chi connectivity index (χ4n) is 1.13. The molecule has 0 bridgehead atoms. The molecule has 1 aromatic heterocycles. The largest absolute Gasteiger partial charge is 0.281 e. The minimum absolute atomic E-state index is 0.870. The standard InChI is InChI=1S/C8H7NS2/c10-8-5-6-3-1-2-4-7(6)9(8)11/h1-5,10-11H. The Labute approximate surface area is 76.0 Å². The molecule has 0 saturated heterocycles. The van der Waals surface area contributed by atoms with Crippen LogP contribution in [0.3, 0.4) is 0 Å². The molecule has 2 rings (SSSR count). The normalized spacial score (nSPS) is 10.7. The second-order valence-corrected chi connectivity index (χ2v) is 3.23. The van der Waals surface area contributed by atoms with E-state index >= 15 is 0 Å². The molecule has 0 N–H and O–H groups in total. The third-order valence-corrected chi connectivity index (χ3v) is 2.58. The van der Waals surface area contributed by atoms with E-state index in [-0.39, 0.29) is 0 Å². The fourth-order valence-corrected chi connectivity index (χ4v) is 1.61. The lowest BCUT2D eigenvalue weighted by atomic mass is 10.3. The summed E-state index contributed by atoms with van der Waals surface area (Å²) >= 11 is 8.50. The topological polar surface area (TPSA) is 4.93 Å². The van der Waals surface area contributed by atoms with E-state index in [0.717, 1.165) is 10.5 Å². The van der Waals surface area contributed by atoms with E-state index in [1.807, 2.05) is 30.3 Å². The van der Waals surface area contributed by atoms with Crippen LogP contribution in [0.4, 0.5) is 0 Å². The van der Waals surface area contributed by atoms with Crippen LogP contribution in [0.25, 0.3) is 10.9 Å². The molecule has 1 heterocycles. The molecule has 11 heavy (non-hydrogen) atoms. The van der Waals surface area contributed by atoms with Gasteiger partial charge < -0.3 is 0 Å². The van der Waals surface area contributed by atoms with Crippen molar-refractivity contribution in [1.82, 2.24) is 3.97 Å². The van der Waals surface area contributed by atoms with Crippen molar-refractivity contribution < 1.29 is 0 Å². The van der Waals surface area contributed by atoms with Gasteiger partial charge in [-0.3, -0.25) is 3.97 Å². The molecule has 3 heteroatoms. The smallest absolute Gasteiger partial charge is 0.0832 e. The minimum atomic E-state index is 0.870. The van der Waals surface area contributed by atoms with Crippen LogP contribution in [-0.4, -0.2) is 3.97 Å². The van der Waals surface area contributed by atoms with Gasteiger partial charge in [0.15, 0.2) is 0 Å². The third-order valence-electron chi connectivity index (χ3n) is 1.67. The van der Waals surface area contributed by atoms with Crippen LogP contribution in [-0.2, 0) is 0 Å². The molecule has 1 nitrogen and oxygen atoms in total. The van der Waals surface area contributed by atoms with Crippen molar-refractivity contribution in [3.05, 3.63) is 30.3 Å². The Morgan fingerprint density at radius 2 is 1.91 bits per heavy atom. The zero-order valence-corrected chi connectivity index (χ0v) is 7.52. The quantitative estimate of drug-likeness (QED) is 0.576. The molecule has 0 fully saturated rings. The summed E-state index contributed by atoms with van der Waals surface area (Å²) in [4.78, 5) is 0. The molecule has 0 aliphatic heterocycles. The SMILES string of the molecule is Sc1cc2ccccc2n1S. The number of benzene rings is 1. The van der Waals surface area contributed by atoms with Crippen LogP contribution in [0, 0.1) is 0 Å². The van der Waals surface area contributed by atoms with Crippen LogP contribution < -0.4 is 0 Å². The van der Waals surface area contributed by atoms with Crippen molar-refractivity contribution in [3.63, 3.8) is 0 Å². The first kappa shape index (κ1) is 7.13. The molecule has 0 radical (unpaired) electrons. The zero-order chi connectivity index (χ0) is 7.84. The summed E-state index contributed by atoms with van der Waals surface area (Å²) in [6.45, 7) is 0. The molecule has 2 aromatic rings. The molecular weight excluding hydrogens is 174 g/mol. The van der Waals surface area contributed by atoms with Crippen molar-refractivity contribution in [2.75, 3.05) is 0 Å². The first-order chi connectivity index (χ1) is 5.29. The predicted octanol–water partition coefficient (Wildman–Crippen LogP) is 2.62. The Bertz CT molecular complexity index is 392. The lowest BCUT2D eigenvalue weighted by Gasteiger charge is -1.93. The highest BCUT2D eigenvalue weighted by molar-refractivity contribution is 7.82. The Morgan fingerprint density at radius 3 is 2.64 bits per heavy atom. The monoisotopic (exact) mass is 181 g/mol. The van der Waals surface area contributed by atoms with Crippen molar-refractivity contribution >= 4 is 36.3 Å². The maximum atomic E-state index is 4.26. The Morgan fingerprint density at radius 1 is 1.18 bits per heavy atom. The van der Waals surface area contributed by atoms with Crippen molar-refractivity contribution in [1.29, 1.82) is 0 Å². The zero-order valence-electron chi connectivity index (χ0n) is 5.73. The summed E-state index contributed by atoms with van der Waals surface area (Å²) in [6, 6.07) is 10.0. The van der Waals surface area contributed by atoms with Gasteiger partial charge in [-0.15, -0.1) is 12.6 Å². The maximum absolute atomic E-state index is 4.26. The van der Waals surface area contributed by atoms with Gasteiger partial charge in [0.05, 0.1) is 10.5 Å². The summed E-state index contributed by atoms with van der Waals surface area (Å²) in [6.07, 6.45) is 0. The highest BCUT2D eigenvalue weighted by atomic mass is 32.1. The maximum Gasteiger partial charge on any atom is 0.0832 e. The second-order valence-electron chi connectivity index (χ2n) is 2.37. The van der Waals surface area contributed by atoms with Gasteiger partial charge >= 0.3 is 0 Å². The molecule has 56 valence electrons. The minimum Gasteiger partial charge on any atom is -0.281 e. The van der Waals surface area contributed by atoms with Crippen LogP contribution >= 0.6 is 25.4 Å². The number of hydrogen-bond acceptors (Lipinski definition) is 2. The van der Waals surface area contributed by atoms with Crippen molar-refractivity contribution in [2.24, 2.45) is 0 Å². The van der Waals surface area contributed by atoms with E-state index in [1.165, 1.54) is 5.39 Å². The van der Waals surface area contributed by atoms with Crippen LogP contribution in [0.2, 0.25) is 0 Å². The van der Waals surface area contributed by atoms with Crippen molar-refractivity contribution in [2.45, 2.75) is 5.03 Å². The van der Waals surface area contributed by atoms with E-state index in [0.29, 0.717) is 0 Å². The Hall–Kier alpha value is -0.540. The summed E-state index contributed by atoms with van der Waals surface area (Å²) in [5, 5.41) is 2.04. The second kappa shape index (κ2) is 2.50. The molecule has 0 saturated carbocycles. The van der Waals surface area contributed by atoms with Crippen LogP contribution in [0.5, 0.6) is 0 Å². The average Bonchev–Trinajstić information content (AvgIpc) is 2.30. The van der Waals surface area contributed by atoms with Gasteiger partial charge in [0, 0.05) is 5.39 Å². The summed E-state index contributed by atoms with van der Waals surface area (Å²) in [5.41, 5.74) is 1.10. The van der Waals surface area contributed by atoms with Gasteiger partial charge in [-0.05, 0) is 12.1 Å². The van der Waals surface area contributed by atoms with E-state index in [9.17, 15) is 0 Å². The summed E-state index contributed by atoms with van der Waals surface area (Å²) in [7, 11) is 0. The molecule has 0 unspecified atom stereocenters. The highest BCUT2D eigenvalue weighted by Gasteiger charge is 2.00. The molecule has 0 amide bonds. The third kappa shape index (κ3) is 1.04. The van der Waals surface area contributed by atoms with Gasteiger partial charge in [-0.1, -0.05) is 31.0 Å². The van der Waals surface area contributed by atoms with E-state index in [2.05, 4.69) is 25.4 Å². The van der Waals surface area contributed by atoms with Crippen LogP contribution in [0.1, 0.15) is 0 Å². The molecular formula is C8H7NS2. The molecule has 0 aliphatic rings. The van der Waals surface area contributed by atoms with Crippen LogP contribution in [0.15, 0.2) is 35.4 Å². The number of nitrogens with zero attached hydrogens (tertiary/aromatic N) is 1. The number of fused-ring (bicyclic) bond motifs is 1. The first-order valence-electron chi connectivity index (χ1n) is 3.28. The molecule has 0 atom stereocenters. The van der Waals surface area contributed by atoms with E-state index in [4.69, 9.17) is 0 Å². The van der Waals surface area contributed by atoms with Gasteiger partial charge in [0.1, 0.15) is 0 Å². The average molecular weight is 181 g/mol. The number of thiol groups is 2. The molecule has 0 spiro atoms. The number of hydrogen-bond donors (Lipinski definition) is 2. The summed E-state index contributed by atoms with van der Waals surface area (Å²) in [5.74, 6) is 0. The van der Waals surface area contributed by atoms with E-state index in [1.54, 1.807) is 3.97 Å². The number of para-hydroxylation sites is 1. The molecule has 0 aliphatic carbocycles. The fraction of sp³-hybridized carbons (Fsp3) is 0. The molecule has 1 aromatic carbocycles. The lowest BCUT2D eigenvalue weighted by Crippen LogP contribution is -1.77. The predicted molar refractivity (Wildman–Crippen MR) is 53.6 cm³/mol. The highest BCUT2D eigenvalue weighted by Crippen LogP contribution is 2.22. The Balaban J connectivity index is 2.92. The van der Waals surface area contributed by atoms with Gasteiger partial charge in [-0.2, -0.15) is 0 Å². The van der Waals surface area contributed by atoms with E-state index < -0.39 is 0 Å². The van der Waals surface area contributed by atoms with Gasteiger partial charge in [0.25, 0.3) is 0 Å². The van der Waals surface area contributed by atoms with Gasteiger partial charge in [0.2, 0.25) is 0 Å². The van der Waals surface area contributed by atoms with Gasteiger partial charge in [-0.25, -0.2) is 0 Å². The lowest BCUT2D eigenvalue weighted by molar-refractivity contribution is 1.17. The Kier molecular flexibility index (Phi) is 1.62. The summed E-state index contributed by atoms with van der Waals surface area (Å²) < 4.78 is 1.76. The van der Waals surface area contributed by atoms with Crippen molar-refractivity contribution in [3.8, 4) is 0 Å². The first-order valence-corrected chi connectivity index (χ1v) is 4.12. The number of aromatic nitrogens is 1.